The minimum absolute atomic E-state index is 0.0613. The van der Waals surface area contributed by atoms with Gasteiger partial charge in [-0.1, -0.05) is 0 Å². The molecule has 3 heteroatoms. The lowest BCUT2D eigenvalue weighted by Gasteiger charge is -2.06. The molecule has 1 rings (SSSR count). The molecule has 0 aromatic carbocycles. The molecule has 0 aliphatic heterocycles. The summed E-state index contributed by atoms with van der Waals surface area (Å²) in [5, 5.41) is 0. The topological polar surface area (TPSA) is 39.2 Å². The lowest BCUT2D eigenvalue weighted by molar-refractivity contribution is 0.442. The maximum atomic E-state index is 5.89. The van der Waals surface area contributed by atoms with Crippen molar-refractivity contribution in [3.8, 4) is 0 Å². The highest BCUT2D eigenvalue weighted by Crippen LogP contribution is 2.18. The minimum atomic E-state index is 0.0613. The number of hydrogen-bond acceptors (Lipinski definition) is 3. The average molecular weight is 185 g/mol. The maximum Gasteiger partial charge on any atom is 0.120 e. The van der Waals surface area contributed by atoms with Gasteiger partial charge in [0.05, 0.1) is 6.04 Å². The van der Waals surface area contributed by atoms with Crippen LogP contribution in [-0.2, 0) is 0 Å². The van der Waals surface area contributed by atoms with Gasteiger partial charge in [0, 0.05) is 0 Å². The number of nitrogens with two attached hydrogens (primary N) is 1. The van der Waals surface area contributed by atoms with Gasteiger partial charge in [-0.05, 0) is 37.5 Å². The van der Waals surface area contributed by atoms with Crippen molar-refractivity contribution in [1.82, 2.24) is 0 Å². The molecule has 0 amide bonds. The average Bonchev–Trinajstić information content (AvgIpc) is 2.47. The molecule has 1 aromatic rings. The number of rotatable bonds is 4. The largest absolute Gasteiger partial charge is 0.465 e. The molecule has 1 atom stereocenters. The van der Waals surface area contributed by atoms with E-state index in [2.05, 4.69) is 6.26 Å². The van der Waals surface area contributed by atoms with Crippen molar-refractivity contribution < 1.29 is 4.42 Å². The zero-order chi connectivity index (χ0) is 8.97. The molecule has 0 aliphatic carbocycles. The quantitative estimate of drug-likeness (QED) is 0.782. The van der Waals surface area contributed by atoms with Crippen LogP contribution in [-0.4, -0.2) is 12.0 Å². The Balaban J connectivity index is 2.47. The third-order valence-corrected chi connectivity index (χ3v) is 2.40. The predicted molar refractivity (Wildman–Crippen MR) is 53.4 cm³/mol. The summed E-state index contributed by atoms with van der Waals surface area (Å²) < 4.78 is 5.41. The molecule has 0 saturated heterocycles. The van der Waals surface area contributed by atoms with E-state index in [1.165, 1.54) is 0 Å². The van der Waals surface area contributed by atoms with E-state index in [9.17, 15) is 0 Å². The molecule has 1 unspecified atom stereocenters. The van der Waals surface area contributed by atoms with E-state index in [-0.39, 0.29) is 6.04 Å². The standard InChI is InChI=1S/C9H15NOS/c1-7-3-4-9(11-7)8(10)5-6-12-2/h3-4,8H,5-6,10H2,1-2H3. The predicted octanol–water partition coefficient (Wildman–Crippen LogP) is 2.34. The van der Waals surface area contributed by atoms with Crippen LogP contribution in [0.3, 0.4) is 0 Å². The Morgan fingerprint density at radius 2 is 2.33 bits per heavy atom. The smallest absolute Gasteiger partial charge is 0.120 e. The third-order valence-electron chi connectivity index (χ3n) is 1.76. The summed E-state index contributed by atoms with van der Waals surface area (Å²) in [6, 6.07) is 3.97. The number of furan rings is 1. The molecular weight excluding hydrogens is 170 g/mol. The SMILES string of the molecule is CSCCC(N)c1ccc(C)o1. The molecule has 0 fully saturated rings. The molecule has 0 saturated carbocycles. The van der Waals surface area contributed by atoms with Crippen LogP contribution in [0, 0.1) is 6.92 Å². The van der Waals surface area contributed by atoms with Crippen LogP contribution in [0.4, 0.5) is 0 Å². The van der Waals surface area contributed by atoms with E-state index in [0.29, 0.717) is 0 Å². The van der Waals surface area contributed by atoms with Gasteiger partial charge < -0.3 is 10.2 Å². The highest BCUT2D eigenvalue weighted by Gasteiger charge is 2.08. The van der Waals surface area contributed by atoms with Crippen molar-refractivity contribution in [3.63, 3.8) is 0 Å². The second-order valence-corrected chi connectivity index (χ2v) is 3.82. The Morgan fingerprint density at radius 3 is 2.83 bits per heavy atom. The fraction of sp³-hybridized carbons (Fsp3) is 0.556. The summed E-state index contributed by atoms with van der Waals surface area (Å²) >= 11 is 1.81. The summed E-state index contributed by atoms with van der Waals surface area (Å²) in [6.07, 6.45) is 3.06. The molecule has 12 heavy (non-hydrogen) atoms. The summed E-state index contributed by atoms with van der Waals surface area (Å²) in [4.78, 5) is 0. The molecule has 0 bridgehead atoms. The molecule has 2 N–H and O–H groups in total. The highest BCUT2D eigenvalue weighted by molar-refractivity contribution is 7.98. The lowest BCUT2D eigenvalue weighted by Crippen LogP contribution is -2.09. The van der Waals surface area contributed by atoms with Crippen LogP contribution in [0.5, 0.6) is 0 Å². The third kappa shape index (κ3) is 2.57. The van der Waals surface area contributed by atoms with Crippen molar-refractivity contribution in [2.24, 2.45) is 5.73 Å². The Kier molecular flexibility index (Phi) is 3.69. The van der Waals surface area contributed by atoms with Crippen molar-refractivity contribution in [2.45, 2.75) is 19.4 Å². The normalized spacial score (nSPS) is 13.2. The van der Waals surface area contributed by atoms with E-state index in [1.807, 2.05) is 30.8 Å². The number of aryl methyl sites for hydroxylation is 1. The molecule has 0 radical (unpaired) electrons. The second kappa shape index (κ2) is 4.58. The van der Waals surface area contributed by atoms with Gasteiger partial charge >= 0.3 is 0 Å². The van der Waals surface area contributed by atoms with Gasteiger partial charge in [-0.2, -0.15) is 11.8 Å². The zero-order valence-corrected chi connectivity index (χ0v) is 8.36. The van der Waals surface area contributed by atoms with Gasteiger partial charge in [-0.15, -0.1) is 0 Å². The summed E-state index contributed by atoms with van der Waals surface area (Å²) in [5.74, 6) is 2.92. The van der Waals surface area contributed by atoms with Crippen LogP contribution in [0.25, 0.3) is 0 Å². The first-order chi connectivity index (χ1) is 5.74. The molecule has 2 nitrogen and oxygen atoms in total. The van der Waals surface area contributed by atoms with Crippen molar-refractivity contribution in [2.75, 3.05) is 12.0 Å². The van der Waals surface area contributed by atoms with Crippen LogP contribution in [0.15, 0.2) is 16.5 Å². The van der Waals surface area contributed by atoms with E-state index in [4.69, 9.17) is 10.2 Å². The highest BCUT2D eigenvalue weighted by atomic mass is 32.2. The molecule has 0 spiro atoms. The van der Waals surface area contributed by atoms with E-state index in [1.54, 1.807) is 0 Å². The Labute approximate surface area is 77.5 Å². The van der Waals surface area contributed by atoms with Gasteiger partial charge in [0.2, 0.25) is 0 Å². The summed E-state index contributed by atoms with van der Waals surface area (Å²) in [5.41, 5.74) is 5.89. The van der Waals surface area contributed by atoms with Crippen LogP contribution < -0.4 is 5.73 Å². The molecule has 68 valence electrons. The Hall–Kier alpha value is -0.410. The van der Waals surface area contributed by atoms with Crippen molar-refractivity contribution >= 4 is 11.8 Å². The van der Waals surface area contributed by atoms with Gasteiger partial charge in [-0.3, -0.25) is 0 Å². The molecule has 1 aromatic heterocycles. The fourth-order valence-electron chi connectivity index (χ4n) is 1.04. The van der Waals surface area contributed by atoms with E-state index >= 15 is 0 Å². The summed E-state index contributed by atoms with van der Waals surface area (Å²) in [6.45, 7) is 1.94. The first-order valence-electron chi connectivity index (χ1n) is 4.05. The van der Waals surface area contributed by atoms with Crippen molar-refractivity contribution in [3.05, 3.63) is 23.7 Å². The van der Waals surface area contributed by atoms with Crippen LogP contribution in [0.2, 0.25) is 0 Å². The van der Waals surface area contributed by atoms with Crippen molar-refractivity contribution in [1.29, 1.82) is 0 Å². The zero-order valence-electron chi connectivity index (χ0n) is 7.54. The molecule has 1 heterocycles. The number of thioether (sulfide) groups is 1. The first-order valence-corrected chi connectivity index (χ1v) is 5.44. The van der Waals surface area contributed by atoms with E-state index < -0.39 is 0 Å². The monoisotopic (exact) mass is 185 g/mol. The molecule has 0 aliphatic rings. The molecular formula is C9H15NOS. The van der Waals surface area contributed by atoms with Gasteiger partial charge in [0.15, 0.2) is 0 Å². The van der Waals surface area contributed by atoms with Gasteiger partial charge in [0.25, 0.3) is 0 Å². The maximum absolute atomic E-state index is 5.89. The Bertz CT molecular complexity index is 234. The fourth-order valence-corrected chi connectivity index (χ4v) is 1.53. The second-order valence-electron chi connectivity index (χ2n) is 2.84. The van der Waals surface area contributed by atoms with E-state index in [0.717, 1.165) is 23.7 Å². The van der Waals surface area contributed by atoms with Gasteiger partial charge in [-0.25, -0.2) is 0 Å². The Morgan fingerprint density at radius 1 is 1.58 bits per heavy atom. The lowest BCUT2D eigenvalue weighted by atomic mass is 10.2. The summed E-state index contributed by atoms with van der Waals surface area (Å²) in [7, 11) is 0. The van der Waals surface area contributed by atoms with Gasteiger partial charge in [0.1, 0.15) is 11.5 Å². The minimum Gasteiger partial charge on any atom is -0.465 e. The van der Waals surface area contributed by atoms with Crippen LogP contribution >= 0.6 is 11.8 Å². The number of hydrogen-bond donors (Lipinski definition) is 1. The first kappa shape index (κ1) is 9.68. The van der Waals surface area contributed by atoms with Crippen LogP contribution in [0.1, 0.15) is 24.0 Å².